The molecule has 0 saturated heterocycles. The fourth-order valence-electron chi connectivity index (χ4n) is 1.67. The number of carbonyl (C=O) groups excluding carboxylic acids is 1. The molecule has 14 heavy (non-hydrogen) atoms. The number of carbonyl (C=O) groups is 1. The summed E-state index contributed by atoms with van der Waals surface area (Å²) in [5.74, 6) is -0.0127. The second kappa shape index (κ2) is 3.62. The SMILES string of the molecule is C=CC(=O)N1CCc2cccnc2C1. The summed E-state index contributed by atoms with van der Waals surface area (Å²) in [6.45, 7) is 4.86. The lowest BCUT2D eigenvalue weighted by molar-refractivity contribution is -0.126. The smallest absolute Gasteiger partial charge is 0.246 e. The molecule has 1 aromatic heterocycles. The first-order valence-electron chi connectivity index (χ1n) is 4.65. The first-order valence-corrected chi connectivity index (χ1v) is 4.65. The van der Waals surface area contributed by atoms with Gasteiger partial charge in [0.2, 0.25) is 5.91 Å². The number of hydrogen-bond acceptors (Lipinski definition) is 2. The first-order chi connectivity index (χ1) is 6.81. The molecule has 1 aliphatic heterocycles. The van der Waals surface area contributed by atoms with Gasteiger partial charge in [0.25, 0.3) is 0 Å². The molecule has 0 N–H and O–H groups in total. The van der Waals surface area contributed by atoms with Gasteiger partial charge < -0.3 is 4.90 Å². The van der Waals surface area contributed by atoms with Crippen LogP contribution in [0.5, 0.6) is 0 Å². The normalized spacial score (nSPS) is 14.7. The molecule has 72 valence electrons. The molecule has 2 heterocycles. The van der Waals surface area contributed by atoms with Crippen LogP contribution in [0.4, 0.5) is 0 Å². The molecule has 0 atom stereocenters. The zero-order valence-corrected chi connectivity index (χ0v) is 7.94. The molecular weight excluding hydrogens is 176 g/mol. The van der Waals surface area contributed by atoms with Crippen LogP contribution in [0.25, 0.3) is 0 Å². The number of rotatable bonds is 1. The van der Waals surface area contributed by atoms with Crippen molar-refractivity contribution < 1.29 is 4.79 Å². The number of fused-ring (bicyclic) bond motifs is 1. The number of hydrogen-bond donors (Lipinski definition) is 0. The average Bonchev–Trinajstić information content (AvgIpc) is 2.27. The molecule has 0 unspecified atom stereocenters. The summed E-state index contributed by atoms with van der Waals surface area (Å²) in [7, 11) is 0. The molecule has 1 aliphatic rings. The van der Waals surface area contributed by atoms with Crippen LogP contribution in [0.3, 0.4) is 0 Å². The van der Waals surface area contributed by atoms with Crippen molar-refractivity contribution in [3.8, 4) is 0 Å². The summed E-state index contributed by atoms with van der Waals surface area (Å²) in [4.78, 5) is 17.4. The zero-order chi connectivity index (χ0) is 9.97. The highest BCUT2D eigenvalue weighted by Gasteiger charge is 2.18. The Kier molecular flexibility index (Phi) is 2.31. The van der Waals surface area contributed by atoms with Gasteiger partial charge in [-0.05, 0) is 24.1 Å². The molecule has 0 aromatic carbocycles. The van der Waals surface area contributed by atoms with Crippen molar-refractivity contribution in [2.45, 2.75) is 13.0 Å². The maximum absolute atomic E-state index is 11.4. The lowest BCUT2D eigenvalue weighted by Gasteiger charge is -2.26. The zero-order valence-electron chi connectivity index (χ0n) is 7.94. The van der Waals surface area contributed by atoms with Gasteiger partial charge >= 0.3 is 0 Å². The number of amides is 1. The van der Waals surface area contributed by atoms with Crippen LogP contribution in [-0.2, 0) is 17.8 Å². The Balaban J connectivity index is 2.21. The summed E-state index contributed by atoms with van der Waals surface area (Å²) in [6.07, 6.45) is 4.01. The molecule has 3 heteroatoms. The predicted molar refractivity (Wildman–Crippen MR) is 53.6 cm³/mol. The van der Waals surface area contributed by atoms with Gasteiger partial charge in [-0.25, -0.2) is 0 Å². The Bertz CT molecular complexity index is 373. The van der Waals surface area contributed by atoms with Gasteiger partial charge in [0.1, 0.15) is 0 Å². The van der Waals surface area contributed by atoms with Crippen molar-refractivity contribution in [1.82, 2.24) is 9.88 Å². The highest BCUT2D eigenvalue weighted by Crippen LogP contribution is 2.15. The quantitative estimate of drug-likeness (QED) is 0.619. The van der Waals surface area contributed by atoms with Gasteiger partial charge in [0.15, 0.2) is 0 Å². The molecule has 0 fully saturated rings. The minimum atomic E-state index is -0.0127. The largest absolute Gasteiger partial charge is 0.333 e. The van der Waals surface area contributed by atoms with E-state index in [0.717, 1.165) is 18.7 Å². The van der Waals surface area contributed by atoms with Gasteiger partial charge in [-0.2, -0.15) is 0 Å². The third-order valence-corrected chi connectivity index (χ3v) is 2.46. The van der Waals surface area contributed by atoms with Crippen LogP contribution in [-0.4, -0.2) is 22.3 Å². The summed E-state index contributed by atoms with van der Waals surface area (Å²) in [5.41, 5.74) is 2.26. The second-order valence-corrected chi connectivity index (χ2v) is 3.32. The van der Waals surface area contributed by atoms with E-state index in [1.807, 2.05) is 6.07 Å². The van der Waals surface area contributed by atoms with E-state index in [9.17, 15) is 4.79 Å². The van der Waals surface area contributed by atoms with Gasteiger partial charge in [-0.1, -0.05) is 12.6 Å². The molecule has 0 saturated carbocycles. The Morgan fingerprint density at radius 3 is 3.29 bits per heavy atom. The Hall–Kier alpha value is -1.64. The monoisotopic (exact) mass is 188 g/mol. The van der Waals surface area contributed by atoms with Crippen molar-refractivity contribution in [2.75, 3.05) is 6.54 Å². The van der Waals surface area contributed by atoms with Gasteiger partial charge in [0, 0.05) is 12.7 Å². The van der Waals surface area contributed by atoms with E-state index in [2.05, 4.69) is 17.6 Å². The third-order valence-electron chi connectivity index (χ3n) is 2.46. The molecule has 3 nitrogen and oxygen atoms in total. The number of aromatic nitrogens is 1. The van der Waals surface area contributed by atoms with Crippen molar-refractivity contribution >= 4 is 5.91 Å². The molecule has 1 aromatic rings. The first kappa shape index (κ1) is 8.94. The van der Waals surface area contributed by atoms with Crippen LogP contribution in [0.15, 0.2) is 31.0 Å². The van der Waals surface area contributed by atoms with Crippen LogP contribution >= 0.6 is 0 Å². The highest BCUT2D eigenvalue weighted by molar-refractivity contribution is 5.87. The van der Waals surface area contributed by atoms with E-state index in [1.54, 1.807) is 11.1 Å². The van der Waals surface area contributed by atoms with Crippen LogP contribution in [0, 0.1) is 0 Å². The molecule has 2 rings (SSSR count). The Morgan fingerprint density at radius 2 is 2.50 bits per heavy atom. The van der Waals surface area contributed by atoms with E-state index < -0.39 is 0 Å². The molecular formula is C11H12N2O. The van der Waals surface area contributed by atoms with E-state index in [1.165, 1.54) is 11.6 Å². The van der Waals surface area contributed by atoms with E-state index in [-0.39, 0.29) is 5.91 Å². The van der Waals surface area contributed by atoms with Crippen LogP contribution < -0.4 is 0 Å². The van der Waals surface area contributed by atoms with Crippen LogP contribution in [0.1, 0.15) is 11.3 Å². The minimum Gasteiger partial charge on any atom is -0.333 e. The van der Waals surface area contributed by atoms with E-state index in [0.29, 0.717) is 6.54 Å². The fraction of sp³-hybridized carbons (Fsp3) is 0.273. The second-order valence-electron chi connectivity index (χ2n) is 3.32. The summed E-state index contributed by atoms with van der Waals surface area (Å²) in [5, 5.41) is 0. The maximum Gasteiger partial charge on any atom is 0.246 e. The van der Waals surface area contributed by atoms with Crippen molar-refractivity contribution in [3.05, 3.63) is 42.2 Å². The van der Waals surface area contributed by atoms with Crippen LogP contribution in [0.2, 0.25) is 0 Å². The Morgan fingerprint density at radius 1 is 1.64 bits per heavy atom. The van der Waals surface area contributed by atoms with Gasteiger partial charge in [0.05, 0.1) is 12.2 Å². The Labute approximate surface area is 83.1 Å². The maximum atomic E-state index is 11.4. The topological polar surface area (TPSA) is 33.2 Å². The molecule has 0 radical (unpaired) electrons. The molecule has 1 amide bonds. The van der Waals surface area contributed by atoms with Gasteiger partial charge in [-0.15, -0.1) is 0 Å². The highest BCUT2D eigenvalue weighted by atomic mass is 16.2. The number of pyridine rings is 1. The van der Waals surface area contributed by atoms with E-state index >= 15 is 0 Å². The average molecular weight is 188 g/mol. The van der Waals surface area contributed by atoms with E-state index in [4.69, 9.17) is 0 Å². The lowest BCUT2D eigenvalue weighted by Crippen LogP contribution is -2.35. The fourth-order valence-corrected chi connectivity index (χ4v) is 1.67. The molecule has 0 spiro atoms. The minimum absolute atomic E-state index is 0.0127. The van der Waals surface area contributed by atoms with Gasteiger partial charge in [-0.3, -0.25) is 9.78 Å². The van der Waals surface area contributed by atoms with Crippen molar-refractivity contribution in [2.24, 2.45) is 0 Å². The summed E-state index contributed by atoms with van der Waals surface area (Å²) in [6, 6.07) is 4.00. The molecule has 0 aliphatic carbocycles. The lowest BCUT2D eigenvalue weighted by atomic mass is 10.1. The standard InChI is InChI=1S/C11H12N2O/c1-2-11(14)13-7-5-9-4-3-6-12-10(9)8-13/h2-4,6H,1,5,7-8H2. The molecule has 0 bridgehead atoms. The number of nitrogens with zero attached hydrogens (tertiary/aromatic N) is 2. The third kappa shape index (κ3) is 1.53. The predicted octanol–water partition coefficient (Wildman–Crippen LogP) is 1.15. The summed E-state index contributed by atoms with van der Waals surface area (Å²) >= 11 is 0. The van der Waals surface area contributed by atoms with Crippen molar-refractivity contribution in [1.29, 1.82) is 0 Å². The summed E-state index contributed by atoms with van der Waals surface area (Å²) < 4.78 is 0. The van der Waals surface area contributed by atoms with Crippen molar-refractivity contribution in [3.63, 3.8) is 0 Å².